The summed E-state index contributed by atoms with van der Waals surface area (Å²) in [6, 6.07) is 88.1. The van der Waals surface area contributed by atoms with Crippen molar-refractivity contribution in [3.05, 3.63) is 264 Å². The second kappa shape index (κ2) is 16.3. The van der Waals surface area contributed by atoms with Gasteiger partial charge in [0.1, 0.15) is 11.2 Å². The molecule has 1 nitrogen and oxygen atoms in total. The maximum Gasteiger partial charge on any atom is 0.135 e. The Hall–Kier alpha value is -8.52. The number of aryl methyl sites for hydroxylation is 1. The van der Waals surface area contributed by atoms with E-state index in [2.05, 4.69) is 238 Å². The molecule has 0 aliphatic heterocycles. The Balaban J connectivity index is 0.773. The van der Waals surface area contributed by atoms with E-state index in [0.717, 1.165) is 34.8 Å². The molecule has 2 aliphatic rings. The van der Waals surface area contributed by atoms with Gasteiger partial charge in [0.25, 0.3) is 0 Å². The van der Waals surface area contributed by atoms with Crippen LogP contribution in [0.5, 0.6) is 0 Å². The topological polar surface area (TPSA) is 13.1 Å². The molecular formula is C70H50O. The highest BCUT2D eigenvalue weighted by Gasteiger charge is 2.36. The van der Waals surface area contributed by atoms with Gasteiger partial charge in [0, 0.05) is 22.1 Å². The SMILES string of the molecule is CC1(C)c2cc(-c3ccccc3)ccc2-c2ccc(C(CCc3ccc(-c4ccc(-c5ccc6oc7ccccc7c6c5)cc4)cc3)c3ccc(-c4ccc5c6c(cccc46)-c4ccccc4-5)cc3)cc21. The summed E-state index contributed by atoms with van der Waals surface area (Å²) in [4.78, 5) is 0. The number of rotatable bonds is 9. The number of para-hydroxylation sites is 1. The zero-order valence-electron chi connectivity index (χ0n) is 39.9. The van der Waals surface area contributed by atoms with E-state index in [1.807, 2.05) is 12.1 Å². The largest absolute Gasteiger partial charge is 0.456 e. The van der Waals surface area contributed by atoms with Crippen LogP contribution in [0.2, 0.25) is 0 Å². The van der Waals surface area contributed by atoms with Crippen molar-refractivity contribution in [2.45, 2.75) is 38.0 Å². The third-order valence-corrected chi connectivity index (χ3v) is 16.0. The minimum atomic E-state index is -0.133. The van der Waals surface area contributed by atoms with Crippen molar-refractivity contribution >= 4 is 32.7 Å². The first kappa shape index (κ1) is 41.5. The molecule has 1 aromatic heterocycles. The molecule has 2 aliphatic carbocycles. The molecule has 11 aromatic carbocycles. The van der Waals surface area contributed by atoms with Crippen molar-refractivity contribution in [2.75, 3.05) is 0 Å². The Morgan fingerprint density at radius 1 is 0.338 bits per heavy atom. The Kier molecular flexibility index (Phi) is 9.51. The van der Waals surface area contributed by atoms with Gasteiger partial charge in [-0.2, -0.15) is 0 Å². The average Bonchev–Trinajstić information content (AvgIpc) is 4.05. The highest BCUT2D eigenvalue weighted by Crippen LogP contribution is 2.52. The lowest BCUT2D eigenvalue weighted by atomic mass is 9.79. The summed E-state index contributed by atoms with van der Waals surface area (Å²) in [5, 5.41) is 4.99. The van der Waals surface area contributed by atoms with Crippen LogP contribution in [0.25, 0.3) is 111 Å². The zero-order chi connectivity index (χ0) is 47.2. The summed E-state index contributed by atoms with van der Waals surface area (Å²) in [5.41, 5.74) is 26.6. The monoisotopic (exact) mass is 906 g/mol. The van der Waals surface area contributed by atoms with E-state index >= 15 is 0 Å². The molecule has 0 fully saturated rings. The standard InChI is InChI=1S/C70H50O/c1-70(2)65-42-52(45-11-4-3-5-12-45)32-36-58(65)59-37-33-53(43-66(59)70)54(49-28-30-50(31-29-49)55-38-39-63-57-14-7-6-13-56(57)62-17-10-16-61(55)69(62)63)35-21-44-19-22-46(23-20-44)47-24-26-48(27-25-47)51-34-40-68-64(41-51)60-15-8-9-18-67(60)71-68/h3-20,22-34,36-43,54H,21,35H2,1-2H3. The summed E-state index contributed by atoms with van der Waals surface area (Å²) >= 11 is 0. The van der Waals surface area contributed by atoms with Crippen LogP contribution >= 0.6 is 0 Å². The van der Waals surface area contributed by atoms with Crippen molar-refractivity contribution in [1.82, 2.24) is 0 Å². The first-order valence-electron chi connectivity index (χ1n) is 25.1. The summed E-state index contributed by atoms with van der Waals surface area (Å²) in [7, 11) is 0. The van der Waals surface area contributed by atoms with Crippen molar-refractivity contribution in [3.8, 4) is 77.9 Å². The summed E-state index contributed by atoms with van der Waals surface area (Å²) < 4.78 is 6.10. The molecule has 14 rings (SSSR count). The summed E-state index contributed by atoms with van der Waals surface area (Å²) in [6.07, 6.45) is 1.96. The number of hydrogen-bond acceptors (Lipinski definition) is 1. The third-order valence-electron chi connectivity index (χ3n) is 16.0. The lowest BCUT2D eigenvalue weighted by Crippen LogP contribution is -2.16. The van der Waals surface area contributed by atoms with Crippen LogP contribution in [0.3, 0.4) is 0 Å². The van der Waals surface area contributed by atoms with E-state index in [4.69, 9.17) is 4.42 Å². The van der Waals surface area contributed by atoms with Gasteiger partial charge in [0.2, 0.25) is 0 Å². The fourth-order valence-corrected chi connectivity index (χ4v) is 12.2. The normalized spacial score (nSPS) is 13.4. The van der Waals surface area contributed by atoms with Gasteiger partial charge < -0.3 is 4.42 Å². The molecule has 1 heterocycles. The molecule has 1 heteroatoms. The van der Waals surface area contributed by atoms with Crippen molar-refractivity contribution in [1.29, 1.82) is 0 Å². The minimum absolute atomic E-state index is 0.133. The fraction of sp³-hybridized carbons (Fsp3) is 0.0857. The van der Waals surface area contributed by atoms with Crippen molar-refractivity contribution in [2.24, 2.45) is 0 Å². The van der Waals surface area contributed by atoms with Crippen LogP contribution in [0.15, 0.2) is 241 Å². The lowest BCUT2D eigenvalue weighted by molar-refractivity contribution is 0.654. The van der Waals surface area contributed by atoms with E-state index < -0.39 is 0 Å². The Bertz CT molecular complexity index is 4010. The molecule has 0 spiro atoms. The van der Waals surface area contributed by atoms with Gasteiger partial charge in [-0.15, -0.1) is 0 Å². The van der Waals surface area contributed by atoms with Crippen LogP contribution in [0.4, 0.5) is 0 Å². The molecule has 1 atom stereocenters. The first-order chi connectivity index (χ1) is 34.9. The predicted octanol–water partition coefficient (Wildman–Crippen LogP) is 19.1. The van der Waals surface area contributed by atoms with Gasteiger partial charge >= 0.3 is 0 Å². The van der Waals surface area contributed by atoms with Crippen molar-refractivity contribution in [3.63, 3.8) is 0 Å². The van der Waals surface area contributed by atoms with E-state index in [1.54, 1.807) is 0 Å². The van der Waals surface area contributed by atoms with Gasteiger partial charge in [-0.25, -0.2) is 0 Å². The smallest absolute Gasteiger partial charge is 0.135 e. The maximum absolute atomic E-state index is 6.10. The van der Waals surface area contributed by atoms with Crippen LogP contribution < -0.4 is 0 Å². The molecule has 0 radical (unpaired) electrons. The van der Waals surface area contributed by atoms with Gasteiger partial charge in [0.15, 0.2) is 0 Å². The molecule has 0 bridgehead atoms. The van der Waals surface area contributed by atoms with Gasteiger partial charge in [-0.3, -0.25) is 0 Å². The van der Waals surface area contributed by atoms with E-state index in [-0.39, 0.29) is 11.3 Å². The number of hydrogen-bond donors (Lipinski definition) is 0. The van der Waals surface area contributed by atoms with Gasteiger partial charge in [-0.05, 0) is 154 Å². The first-order valence-corrected chi connectivity index (χ1v) is 25.1. The van der Waals surface area contributed by atoms with Crippen LogP contribution in [-0.2, 0) is 11.8 Å². The second-order valence-corrected chi connectivity index (χ2v) is 20.3. The van der Waals surface area contributed by atoms with Crippen LogP contribution in [0.1, 0.15) is 54.0 Å². The van der Waals surface area contributed by atoms with E-state index in [1.165, 1.54) is 116 Å². The third kappa shape index (κ3) is 6.83. The molecule has 0 saturated carbocycles. The molecule has 0 amide bonds. The quantitative estimate of drug-likeness (QED) is 0.141. The zero-order valence-corrected chi connectivity index (χ0v) is 39.9. The van der Waals surface area contributed by atoms with Gasteiger partial charge in [0.05, 0.1) is 0 Å². The molecule has 336 valence electrons. The number of furan rings is 1. The summed E-state index contributed by atoms with van der Waals surface area (Å²) in [5.74, 6) is 0.211. The van der Waals surface area contributed by atoms with Crippen molar-refractivity contribution < 1.29 is 4.42 Å². The average molecular weight is 907 g/mol. The molecule has 0 saturated heterocycles. The van der Waals surface area contributed by atoms with E-state index in [9.17, 15) is 0 Å². The molecule has 0 N–H and O–H groups in total. The highest BCUT2D eigenvalue weighted by molar-refractivity contribution is 6.18. The maximum atomic E-state index is 6.10. The summed E-state index contributed by atoms with van der Waals surface area (Å²) in [6.45, 7) is 4.82. The van der Waals surface area contributed by atoms with E-state index in [0.29, 0.717) is 0 Å². The lowest BCUT2D eigenvalue weighted by Gasteiger charge is -2.25. The molecule has 12 aromatic rings. The second-order valence-electron chi connectivity index (χ2n) is 20.3. The predicted molar refractivity (Wildman–Crippen MR) is 298 cm³/mol. The Morgan fingerprint density at radius 3 is 1.62 bits per heavy atom. The Morgan fingerprint density at radius 2 is 0.845 bits per heavy atom. The minimum Gasteiger partial charge on any atom is -0.456 e. The molecule has 1 unspecified atom stereocenters. The Labute approximate surface area is 415 Å². The number of fused-ring (bicyclic) bond motifs is 9. The van der Waals surface area contributed by atoms with Crippen LogP contribution in [-0.4, -0.2) is 0 Å². The molecule has 71 heavy (non-hydrogen) atoms. The molecular weight excluding hydrogens is 857 g/mol. The van der Waals surface area contributed by atoms with Gasteiger partial charge in [-0.1, -0.05) is 226 Å². The highest BCUT2D eigenvalue weighted by atomic mass is 16.3. The van der Waals surface area contributed by atoms with Crippen LogP contribution in [0, 0.1) is 0 Å². The number of benzene rings is 11. The fourth-order valence-electron chi connectivity index (χ4n) is 12.2.